The zero-order chi connectivity index (χ0) is 12.7. The lowest BCUT2D eigenvalue weighted by Gasteiger charge is -2.01. The largest absolute Gasteiger partial charge is 0.384 e. The molecule has 3 rings (SSSR count). The van der Waals surface area contributed by atoms with Crippen molar-refractivity contribution < 1.29 is 0 Å². The number of H-pyrrole nitrogens is 1. The molecule has 2 heterocycles. The number of hydrogen-bond acceptors (Lipinski definition) is 3. The predicted molar refractivity (Wildman–Crippen MR) is 73.2 cm³/mol. The van der Waals surface area contributed by atoms with Gasteiger partial charge in [0, 0.05) is 5.56 Å². The van der Waals surface area contributed by atoms with Gasteiger partial charge in [-0.1, -0.05) is 17.2 Å². The smallest absolute Gasteiger partial charge is 0.180 e. The summed E-state index contributed by atoms with van der Waals surface area (Å²) in [7, 11) is 0. The van der Waals surface area contributed by atoms with E-state index in [0.29, 0.717) is 11.5 Å². The van der Waals surface area contributed by atoms with Crippen LogP contribution >= 0.6 is 0 Å². The lowest BCUT2D eigenvalue weighted by atomic mass is 10.1. The van der Waals surface area contributed by atoms with Gasteiger partial charge >= 0.3 is 0 Å². The van der Waals surface area contributed by atoms with Gasteiger partial charge in [-0.25, -0.2) is 9.97 Å². The first-order valence-electron chi connectivity index (χ1n) is 5.83. The summed E-state index contributed by atoms with van der Waals surface area (Å²) < 4.78 is 0. The number of nitrogen functional groups attached to an aromatic ring is 1. The quantitative estimate of drug-likeness (QED) is 0.685. The minimum atomic E-state index is 0.487. The number of nitrogens with one attached hydrogen (secondary N) is 1. The number of aromatic amines is 1. The van der Waals surface area contributed by atoms with Gasteiger partial charge < -0.3 is 10.7 Å². The minimum absolute atomic E-state index is 0.487. The summed E-state index contributed by atoms with van der Waals surface area (Å²) in [6, 6.07) is 10.0. The summed E-state index contributed by atoms with van der Waals surface area (Å²) in [5.74, 6) is 1.32. The van der Waals surface area contributed by atoms with E-state index in [-0.39, 0.29) is 0 Å². The molecule has 0 amide bonds. The second kappa shape index (κ2) is 3.84. The fourth-order valence-corrected chi connectivity index (χ4v) is 2.16. The van der Waals surface area contributed by atoms with Crippen molar-refractivity contribution in [2.75, 3.05) is 5.73 Å². The third-order valence-electron chi connectivity index (χ3n) is 2.86. The summed E-state index contributed by atoms with van der Waals surface area (Å²) in [4.78, 5) is 11.9. The highest BCUT2D eigenvalue weighted by atomic mass is 15.0. The first-order chi connectivity index (χ1) is 8.61. The Hall–Kier alpha value is -2.36. The van der Waals surface area contributed by atoms with E-state index in [1.165, 1.54) is 11.1 Å². The highest BCUT2D eigenvalue weighted by Gasteiger charge is 2.07. The van der Waals surface area contributed by atoms with Crippen molar-refractivity contribution in [3.63, 3.8) is 0 Å². The van der Waals surface area contributed by atoms with Gasteiger partial charge in [-0.2, -0.15) is 0 Å². The van der Waals surface area contributed by atoms with Crippen LogP contribution in [0, 0.1) is 13.8 Å². The second-order valence-corrected chi connectivity index (χ2v) is 4.57. The number of rotatable bonds is 1. The van der Waals surface area contributed by atoms with Gasteiger partial charge in [0.15, 0.2) is 5.65 Å². The third-order valence-corrected chi connectivity index (χ3v) is 2.86. The SMILES string of the molecule is Cc1cc(C)cc(-c2nc3nc(N)ccc3[nH]2)c1. The van der Waals surface area contributed by atoms with Crippen LogP contribution in [0.5, 0.6) is 0 Å². The normalized spacial score (nSPS) is 11.0. The highest BCUT2D eigenvalue weighted by Crippen LogP contribution is 2.22. The molecule has 0 atom stereocenters. The van der Waals surface area contributed by atoms with E-state index in [0.717, 1.165) is 16.9 Å². The fraction of sp³-hybridized carbons (Fsp3) is 0.143. The molecule has 0 bridgehead atoms. The van der Waals surface area contributed by atoms with Gasteiger partial charge in [-0.3, -0.25) is 0 Å². The summed E-state index contributed by atoms with van der Waals surface area (Å²) in [6.07, 6.45) is 0. The van der Waals surface area contributed by atoms with Crippen LogP contribution in [0.4, 0.5) is 5.82 Å². The molecule has 0 aliphatic heterocycles. The molecule has 0 aliphatic carbocycles. The Kier molecular flexibility index (Phi) is 2.30. The molecule has 1 aromatic carbocycles. The molecule has 2 aromatic heterocycles. The maximum atomic E-state index is 5.66. The molecule has 18 heavy (non-hydrogen) atoms. The van der Waals surface area contributed by atoms with Crippen LogP contribution in [0.15, 0.2) is 30.3 Å². The summed E-state index contributed by atoms with van der Waals surface area (Å²) >= 11 is 0. The van der Waals surface area contributed by atoms with E-state index < -0.39 is 0 Å². The van der Waals surface area contributed by atoms with E-state index >= 15 is 0 Å². The predicted octanol–water partition coefficient (Wildman–Crippen LogP) is 2.82. The third kappa shape index (κ3) is 1.82. The van der Waals surface area contributed by atoms with E-state index in [4.69, 9.17) is 5.73 Å². The van der Waals surface area contributed by atoms with Crippen LogP contribution in [-0.4, -0.2) is 15.0 Å². The van der Waals surface area contributed by atoms with E-state index in [1.807, 2.05) is 6.07 Å². The minimum Gasteiger partial charge on any atom is -0.384 e. The summed E-state index contributed by atoms with van der Waals surface area (Å²) in [5, 5.41) is 0. The van der Waals surface area contributed by atoms with Crippen LogP contribution < -0.4 is 5.73 Å². The molecule has 3 aromatic rings. The molecule has 0 fully saturated rings. The van der Waals surface area contributed by atoms with Crippen molar-refractivity contribution in [1.29, 1.82) is 0 Å². The van der Waals surface area contributed by atoms with Gasteiger partial charge in [-0.05, 0) is 38.1 Å². The number of hydrogen-bond donors (Lipinski definition) is 2. The number of imidazole rings is 1. The molecule has 0 unspecified atom stereocenters. The standard InChI is InChI=1S/C14H14N4/c1-8-5-9(2)7-10(6-8)13-16-11-3-4-12(15)17-14(11)18-13/h3-7H,1-2H3,(H3,15,16,17,18). The maximum Gasteiger partial charge on any atom is 0.180 e. The summed E-state index contributed by atoms with van der Waals surface area (Å²) in [5.41, 5.74) is 10.7. The Balaban J connectivity index is 2.19. The van der Waals surface area contributed by atoms with Crippen molar-refractivity contribution in [2.24, 2.45) is 0 Å². The van der Waals surface area contributed by atoms with Gasteiger partial charge in [0.05, 0.1) is 5.52 Å². The van der Waals surface area contributed by atoms with Crippen molar-refractivity contribution in [2.45, 2.75) is 13.8 Å². The highest BCUT2D eigenvalue weighted by molar-refractivity contribution is 5.77. The van der Waals surface area contributed by atoms with Gasteiger partial charge in [0.2, 0.25) is 0 Å². The van der Waals surface area contributed by atoms with Crippen LogP contribution in [-0.2, 0) is 0 Å². The fourth-order valence-electron chi connectivity index (χ4n) is 2.16. The lowest BCUT2D eigenvalue weighted by molar-refractivity contribution is 1.28. The molecular formula is C14H14N4. The molecule has 0 saturated heterocycles. The average molecular weight is 238 g/mol. The number of aromatic nitrogens is 3. The Bertz CT molecular complexity index is 707. The second-order valence-electron chi connectivity index (χ2n) is 4.57. The van der Waals surface area contributed by atoms with E-state index in [1.54, 1.807) is 6.07 Å². The zero-order valence-corrected chi connectivity index (χ0v) is 10.4. The van der Waals surface area contributed by atoms with Crippen LogP contribution in [0.25, 0.3) is 22.6 Å². The van der Waals surface area contributed by atoms with Crippen molar-refractivity contribution in [3.8, 4) is 11.4 Å². The number of nitrogens with two attached hydrogens (primary N) is 1. The number of benzene rings is 1. The molecule has 90 valence electrons. The maximum absolute atomic E-state index is 5.66. The number of aryl methyl sites for hydroxylation is 2. The molecule has 4 nitrogen and oxygen atoms in total. The molecule has 4 heteroatoms. The number of pyridine rings is 1. The molecular weight excluding hydrogens is 224 g/mol. The Labute approximate surface area is 105 Å². The Morgan fingerprint density at radius 2 is 1.72 bits per heavy atom. The number of fused-ring (bicyclic) bond motifs is 1. The van der Waals surface area contributed by atoms with Gasteiger partial charge in [0.1, 0.15) is 11.6 Å². The number of nitrogens with zero attached hydrogens (tertiary/aromatic N) is 2. The number of anilines is 1. The van der Waals surface area contributed by atoms with Crippen LogP contribution in [0.1, 0.15) is 11.1 Å². The molecule has 0 radical (unpaired) electrons. The molecule has 0 saturated carbocycles. The summed E-state index contributed by atoms with van der Waals surface area (Å²) in [6.45, 7) is 4.16. The first kappa shape index (κ1) is 10.8. The molecule has 0 aliphatic rings. The monoisotopic (exact) mass is 238 g/mol. The van der Waals surface area contributed by atoms with Crippen molar-refractivity contribution >= 4 is 17.0 Å². The van der Waals surface area contributed by atoms with E-state index in [9.17, 15) is 0 Å². The lowest BCUT2D eigenvalue weighted by Crippen LogP contribution is -1.88. The van der Waals surface area contributed by atoms with Crippen LogP contribution in [0.3, 0.4) is 0 Å². The van der Waals surface area contributed by atoms with E-state index in [2.05, 4.69) is 47.0 Å². The average Bonchev–Trinajstić information content (AvgIpc) is 2.70. The molecule has 0 spiro atoms. The first-order valence-corrected chi connectivity index (χ1v) is 5.83. The van der Waals surface area contributed by atoms with Crippen molar-refractivity contribution in [3.05, 3.63) is 41.5 Å². The Morgan fingerprint density at radius 1 is 1.00 bits per heavy atom. The Morgan fingerprint density at radius 3 is 2.44 bits per heavy atom. The van der Waals surface area contributed by atoms with Gasteiger partial charge in [0.25, 0.3) is 0 Å². The van der Waals surface area contributed by atoms with Crippen molar-refractivity contribution in [1.82, 2.24) is 15.0 Å². The van der Waals surface area contributed by atoms with Crippen LogP contribution in [0.2, 0.25) is 0 Å². The zero-order valence-electron chi connectivity index (χ0n) is 10.4. The topological polar surface area (TPSA) is 67.6 Å². The molecule has 3 N–H and O–H groups in total. The van der Waals surface area contributed by atoms with Gasteiger partial charge in [-0.15, -0.1) is 0 Å².